The summed E-state index contributed by atoms with van der Waals surface area (Å²) in [5.74, 6) is 6.07. The Hall–Kier alpha value is -3.82. The third-order valence-corrected chi connectivity index (χ3v) is 7.84. The van der Waals surface area contributed by atoms with Crippen LogP contribution >= 0.6 is 7.14 Å². The minimum absolute atomic E-state index is 0.450. The lowest BCUT2D eigenvalue weighted by atomic mass is 10.2. The van der Waals surface area contributed by atoms with E-state index in [0.717, 1.165) is 16.2 Å². The van der Waals surface area contributed by atoms with Gasteiger partial charge in [0.05, 0.1) is 5.31 Å². The second kappa shape index (κ2) is 12.9. The maximum Gasteiger partial charge on any atom is 0.178 e. The van der Waals surface area contributed by atoms with Gasteiger partial charge < -0.3 is 9.40 Å². The SMILES string of the molecule is C=C=C(/C=C\C#CCC/C=N/OCc1ccccc1)P(=O)(c1ccccc1)c1ccccc1. The van der Waals surface area contributed by atoms with Gasteiger partial charge in [0.2, 0.25) is 0 Å². The van der Waals surface area contributed by atoms with E-state index in [2.05, 4.69) is 29.3 Å². The average molecular weight is 452 g/mol. The fourth-order valence-electron chi connectivity index (χ4n) is 3.16. The normalized spacial score (nSPS) is 11.0. The quantitative estimate of drug-likeness (QED) is 0.0738. The van der Waals surface area contributed by atoms with Crippen LogP contribution in [0.25, 0.3) is 0 Å². The molecule has 0 radical (unpaired) electrons. The Labute approximate surface area is 196 Å². The molecule has 0 spiro atoms. The molecule has 4 heteroatoms. The molecule has 0 aliphatic carbocycles. The summed E-state index contributed by atoms with van der Waals surface area (Å²) < 4.78 is 14.2. The predicted octanol–water partition coefficient (Wildman–Crippen LogP) is 6.21. The molecule has 3 nitrogen and oxygen atoms in total. The van der Waals surface area contributed by atoms with Gasteiger partial charge in [-0.05, 0) is 24.1 Å². The second-order valence-corrected chi connectivity index (χ2v) is 9.82. The van der Waals surface area contributed by atoms with Gasteiger partial charge in [-0.3, -0.25) is 0 Å². The van der Waals surface area contributed by atoms with Crippen LogP contribution in [-0.2, 0) is 16.0 Å². The van der Waals surface area contributed by atoms with Crippen molar-refractivity contribution >= 4 is 24.0 Å². The van der Waals surface area contributed by atoms with Crippen LogP contribution in [0.15, 0.2) is 126 Å². The number of hydrogen-bond donors (Lipinski definition) is 0. The van der Waals surface area contributed by atoms with E-state index in [0.29, 0.717) is 24.8 Å². The van der Waals surface area contributed by atoms with Crippen LogP contribution in [0, 0.1) is 11.8 Å². The maximum atomic E-state index is 14.2. The first kappa shape index (κ1) is 23.8. The van der Waals surface area contributed by atoms with E-state index in [4.69, 9.17) is 4.84 Å². The highest BCUT2D eigenvalue weighted by Gasteiger charge is 2.30. The zero-order chi connectivity index (χ0) is 23.2. The summed E-state index contributed by atoms with van der Waals surface area (Å²) in [5.41, 5.74) is 3.97. The number of allylic oxidation sites excluding steroid dienone is 3. The summed E-state index contributed by atoms with van der Waals surface area (Å²) in [6.45, 7) is 4.24. The first-order valence-electron chi connectivity index (χ1n) is 10.7. The van der Waals surface area contributed by atoms with Crippen LogP contribution in [0.2, 0.25) is 0 Å². The molecule has 33 heavy (non-hydrogen) atoms. The number of hydrogen-bond acceptors (Lipinski definition) is 3. The Kier molecular flexibility index (Phi) is 9.31. The van der Waals surface area contributed by atoms with Crippen LogP contribution in [0.1, 0.15) is 18.4 Å². The zero-order valence-corrected chi connectivity index (χ0v) is 19.3. The van der Waals surface area contributed by atoms with Gasteiger partial charge in [0.1, 0.15) is 6.61 Å². The Morgan fingerprint density at radius 2 is 1.48 bits per heavy atom. The summed E-state index contributed by atoms with van der Waals surface area (Å²) >= 11 is 0. The van der Waals surface area contributed by atoms with Crippen molar-refractivity contribution < 1.29 is 9.40 Å². The highest BCUT2D eigenvalue weighted by molar-refractivity contribution is 7.82. The molecule has 0 atom stereocenters. The smallest absolute Gasteiger partial charge is 0.178 e. The standard InChI is InChI=1S/C29H26NO2P/c1-2-27(33(31,28-20-12-7-13-21-28)29-22-14-8-15-23-29)19-11-4-3-5-16-24-30-32-25-26-17-9-6-10-18-26/h6-15,17-24H,1,5,16,25H2/b19-11-,30-24+. The van der Waals surface area contributed by atoms with E-state index in [-0.39, 0.29) is 0 Å². The molecule has 0 aromatic heterocycles. The summed E-state index contributed by atoms with van der Waals surface area (Å²) in [4.78, 5) is 5.27. The molecule has 3 aromatic carbocycles. The van der Waals surface area contributed by atoms with E-state index in [1.807, 2.05) is 91.0 Å². The molecular weight excluding hydrogens is 425 g/mol. The summed E-state index contributed by atoms with van der Waals surface area (Å²) in [5, 5.41) is 5.97. The van der Waals surface area contributed by atoms with Crippen molar-refractivity contribution in [2.24, 2.45) is 5.16 Å². The molecule has 164 valence electrons. The first-order chi connectivity index (χ1) is 16.2. The summed E-state index contributed by atoms with van der Waals surface area (Å²) in [7, 11) is -3.08. The van der Waals surface area contributed by atoms with Crippen molar-refractivity contribution in [3.8, 4) is 11.8 Å². The molecule has 0 aliphatic heterocycles. The van der Waals surface area contributed by atoms with Gasteiger partial charge in [-0.25, -0.2) is 0 Å². The van der Waals surface area contributed by atoms with Crippen molar-refractivity contribution in [2.75, 3.05) is 0 Å². The highest BCUT2D eigenvalue weighted by Crippen LogP contribution is 2.51. The topological polar surface area (TPSA) is 38.7 Å². The molecule has 0 saturated carbocycles. The van der Waals surface area contributed by atoms with Gasteiger partial charge in [0.15, 0.2) is 7.14 Å². The molecule has 0 fully saturated rings. The van der Waals surface area contributed by atoms with E-state index in [1.165, 1.54) is 0 Å². The second-order valence-electron chi connectivity index (χ2n) is 7.08. The Morgan fingerprint density at radius 3 is 2.06 bits per heavy atom. The summed E-state index contributed by atoms with van der Waals surface area (Å²) in [6, 6.07) is 28.8. The van der Waals surface area contributed by atoms with Crippen molar-refractivity contribution in [2.45, 2.75) is 19.4 Å². The van der Waals surface area contributed by atoms with Crippen molar-refractivity contribution in [3.63, 3.8) is 0 Å². The lowest BCUT2D eigenvalue weighted by Gasteiger charge is -2.19. The van der Waals surface area contributed by atoms with Crippen LogP contribution in [0.5, 0.6) is 0 Å². The monoisotopic (exact) mass is 451 g/mol. The average Bonchev–Trinajstić information content (AvgIpc) is 2.88. The maximum absolute atomic E-state index is 14.2. The van der Waals surface area contributed by atoms with Crippen LogP contribution in [-0.4, -0.2) is 6.21 Å². The van der Waals surface area contributed by atoms with Gasteiger partial charge in [-0.1, -0.05) is 115 Å². The largest absolute Gasteiger partial charge is 0.391 e. The molecule has 0 aliphatic rings. The third kappa shape index (κ3) is 6.83. The van der Waals surface area contributed by atoms with Crippen molar-refractivity contribution in [1.82, 2.24) is 0 Å². The van der Waals surface area contributed by atoms with Gasteiger partial charge in [-0.2, -0.15) is 0 Å². The van der Waals surface area contributed by atoms with Gasteiger partial charge in [0.25, 0.3) is 0 Å². The fraction of sp³-hybridized carbons (Fsp3) is 0.103. The molecule has 0 saturated heterocycles. The number of rotatable bonds is 9. The summed E-state index contributed by atoms with van der Waals surface area (Å²) in [6.07, 6.45) is 6.50. The molecule has 0 unspecified atom stereocenters. The molecule has 0 N–H and O–H groups in total. The number of nitrogens with zero attached hydrogens (tertiary/aromatic N) is 1. The lowest BCUT2D eigenvalue weighted by Crippen LogP contribution is -2.16. The Bertz CT molecular complexity index is 1190. The molecule has 3 rings (SSSR count). The zero-order valence-electron chi connectivity index (χ0n) is 18.4. The lowest BCUT2D eigenvalue weighted by molar-refractivity contribution is 0.131. The fourth-order valence-corrected chi connectivity index (χ4v) is 5.70. The number of benzene rings is 3. The minimum Gasteiger partial charge on any atom is -0.391 e. The first-order valence-corrected chi connectivity index (χ1v) is 12.4. The highest BCUT2D eigenvalue weighted by atomic mass is 31.2. The molecule has 0 heterocycles. The van der Waals surface area contributed by atoms with Crippen LogP contribution < -0.4 is 10.6 Å². The third-order valence-electron chi connectivity index (χ3n) is 4.81. The van der Waals surface area contributed by atoms with E-state index >= 15 is 0 Å². The van der Waals surface area contributed by atoms with Gasteiger partial charge in [-0.15, -0.1) is 5.73 Å². The molecule has 0 amide bonds. The van der Waals surface area contributed by atoms with Crippen LogP contribution in [0.3, 0.4) is 0 Å². The molecule has 3 aromatic rings. The van der Waals surface area contributed by atoms with E-state index in [9.17, 15) is 4.57 Å². The van der Waals surface area contributed by atoms with Gasteiger partial charge >= 0.3 is 0 Å². The Balaban J connectivity index is 1.60. The molecule has 0 bridgehead atoms. The van der Waals surface area contributed by atoms with E-state index < -0.39 is 7.14 Å². The van der Waals surface area contributed by atoms with Crippen LogP contribution in [0.4, 0.5) is 0 Å². The van der Waals surface area contributed by atoms with Gasteiger partial charge in [0, 0.05) is 23.2 Å². The van der Waals surface area contributed by atoms with Crippen molar-refractivity contribution in [1.29, 1.82) is 0 Å². The predicted molar refractivity (Wildman–Crippen MR) is 138 cm³/mol. The molecular formula is C29H26NO2P. The number of oxime groups is 1. The number of unbranched alkanes of at least 4 members (excludes halogenated alkanes) is 1. The van der Waals surface area contributed by atoms with Crippen molar-refractivity contribution in [3.05, 3.63) is 126 Å². The Morgan fingerprint density at radius 1 is 0.909 bits per heavy atom. The minimum atomic E-state index is -3.08. The van der Waals surface area contributed by atoms with E-state index in [1.54, 1.807) is 18.4 Å².